The Balaban J connectivity index is 1.79. The predicted octanol–water partition coefficient (Wildman–Crippen LogP) is 1.87. The monoisotopic (exact) mass is 324 g/mol. The Morgan fingerprint density at radius 3 is 2.61 bits per heavy atom. The van der Waals surface area contributed by atoms with E-state index in [9.17, 15) is 8.42 Å². The van der Waals surface area contributed by atoms with Crippen molar-refractivity contribution in [2.45, 2.75) is 24.3 Å². The maximum absolute atomic E-state index is 12.5. The Kier molecular flexibility index (Phi) is 4.28. The van der Waals surface area contributed by atoms with E-state index >= 15 is 0 Å². The zero-order valence-corrected chi connectivity index (χ0v) is 13.6. The van der Waals surface area contributed by atoms with Gasteiger partial charge < -0.3 is 4.98 Å². The predicted molar refractivity (Wildman–Crippen MR) is 93.6 cm³/mol. The van der Waals surface area contributed by atoms with Crippen molar-refractivity contribution in [3.63, 3.8) is 0 Å². The molecule has 3 rings (SSSR count). The standard InChI is InChI=1S/C17H17BN2O2S/c1-12(10-13-11-19-16-8-4-2-6-14(13)16)20-23(21,22)17-9-5-3-7-15(17)18/h2-9,11-12,19-20H,10H2,1H3. The van der Waals surface area contributed by atoms with Crippen LogP contribution in [-0.4, -0.2) is 27.3 Å². The van der Waals surface area contributed by atoms with Crippen molar-refractivity contribution in [2.75, 3.05) is 0 Å². The van der Waals surface area contributed by atoms with Crippen molar-refractivity contribution in [1.29, 1.82) is 0 Å². The molecule has 2 aromatic carbocycles. The average Bonchev–Trinajstić information content (AvgIpc) is 2.90. The van der Waals surface area contributed by atoms with E-state index in [-0.39, 0.29) is 16.4 Å². The van der Waals surface area contributed by atoms with Crippen LogP contribution < -0.4 is 10.2 Å². The first kappa shape index (κ1) is 15.8. The third-order valence-corrected chi connectivity index (χ3v) is 5.43. The summed E-state index contributed by atoms with van der Waals surface area (Å²) >= 11 is 0. The molecule has 1 atom stereocenters. The van der Waals surface area contributed by atoms with E-state index in [0.717, 1.165) is 16.5 Å². The highest BCUT2D eigenvalue weighted by Crippen LogP contribution is 2.19. The third kappa shape index (κ3) is 3.33. The van der Waals surface area contributed by atoms with Crippen LogP contribution in [-0.2, 0) is 16.4 Å². The lowest BCUT2D eigenvalue weighted by Gasteiger charge is -2.15. The van der Waals surface area contributed by atoms with Crippen molar-refractivity contribution in [3.05, 3.63) is 60.3 Å². The van der Waals surface area contributed by atoms with Crippen LogP contribution in [0.1, 0.15) is 12.5 Å². The van der Waals surface area contributed by atoms with Gasteiger partial charge in [0.2, 0.25) is 10.0 Å². The van der Waals surface area contributed by atoms with Crippen LogP contribution in [0.3, 0.4) is 0 Å². The zero-order chi connectivity index (χ0) is 16.4. The van der Waals surface area contributed by atoms with Gasteiger partial charge in [0.1, 0.15) is 7.85 Å². The molecule has 0 fully saturated rings. The van der Waals surface area contributed by atoms with E-state index in [4.69, 9.17) is 7.85 Å². The molecule has 0 amide bonds. The fraction of sp³-hybridized carbons (Fsp3) is 0.176. The van der Waals surface area contributed by atoms with E-state index in [1.807, 2.05) is 37.4 Å². The first-order chi connectivity index (χ1) is 11.0. The topological polar surface area (TPSA) is 62.0 Å². The van der Waals surface area contributed by atoms with Crippen LogP contribution in [0.4, 0.5) is 0 Å². The number of fused-ring (bicyclic) bond motifs is 1. The number of hydrogen-bond donors (Lipinski definition) is 2. The molecule has 0 bridgehead atoms. The van der Waals surface area contributed by atoms with Crippen LogP contribution in [0.15, 0.2) is 59.6 Å². The molecule has 2 radical (unpaired) electrons. The minimum Gasteiger partial charge on any atom is -0.361 e. The quantitative estimate of drug-likeness (QED) is 0.704. The van der Waals surface area contributed by atoms with Crippen LogP contribution in [0.5, 0.6) is 0 Å². The summed E-state index contributed by atoms with van der Waals surface area (Å²) in [6.07, 6.45) is 2.52. The number of aromatic nitrogens is 1. The van der Waals surface area contributed by atoms with Gasteiger partial charge in [-0.15, -0.1) is 0 Å². The van der Waals surface area contributed by atoms with E-state index < -0.39 is 10.0 Å². The highest BCUT2D eigenvalue weighted by atomic mass is 32.2. The van der Waals surface area contributed by atoms with Gasteiger partial charge in [0.25, 0.3) is 0 Å². The molecule has 0 aliphatic rings. The Bertz CT molecular complexity index is 934. The number of nitrogens with one attached hydrogen (secondary N) is 2. The second kappa shape index (κ2) is 6.22. The lowest BCUT2D eigenvalue weighted by Crippen LogP contribution is -2.36. The molecule has 3 aromatic rings. The lowest BCUT2D eigenvalue weighted by atomic mass is 9.97. The third-order valence-electron chi connectivity index (χ3n) is 3.77. The highest BCUT2D eigenvalue weighted by Gasteiger charge is 2.19. The average molecular weight is 324 g/mol. The van der Waals surface area contributed by atoms with E-state index in [1.165, 1.54) is 6.07 Å². The molecule has 0 saturated carbocycles. The van der Waals surface area contributed by atoms with Gasteiger partial charge in [-0.1, -0.05) is 41.9 Å². The van der Waals surface area contributed by atoms with Gasteiger partial charge in [0.15, 0.2) is 0 Å². The summed E-state index contributed by atoms with van der Waals surface area (Å²) in [5, 5.41) is 1.11. The van der Waals surface area contributed by atoms with Gasteiger partial charge in [0.05, 0.1) is 4.90 Å². The Hall–Kier alpha value is -2.05. The summed E-state index contributed by atoms with van der Waals surface area (Å²) in [5.41, 5.74) is 2.38. The maximum Gasteiger partial charge on any atom is 0.240 e. The summed E-state index contributed by atoms with van der Waals surface area (Å²) in [6.45, 7) is 1.85. The number of hydrogen-bond acceptors (Lipinski definition) is 2. The fourth-order valence-electron chi connectivity index (χ4n) is 2.73. The molecule has 1 unspecified atom stereocenters. The number of benzene rings is 2. The van der Waals surface area contributed by atoms with Crippen molar-refractivity contribution >= 4 is 34.2 Å². The zero-order valence-electron chi connectivity index (χ0n) is 12.8. The molecule has 6 heteroatoms. The number of para-hydroxylation sites is 1. The Morgan fingerprint density at radius 1 is 1.13 bits per heavy atom. The number of rotatable bonds is 5. The molecule has 0 spiro atoms. The maximum atomic E-state index is 12.5. The van der Waals surface area contributed by atoms with Crippen molar-refractivity contribution in [2.24, 2.45) is 0 Å². The molecule has 116 valence electrons. The smallest absolute Gasteiger partial charge is 0.240 e. The second-order valence-corrected chi connectivity index (χ2v) is 7.31. The molecule has 0 aliphatic heterocycles. The van der Waals surface area contributed by atoms with Crippen LogP contribution in [0.2, 0.25) is 0 Å². The van der Waals surface area contributed by atoms with Gasteiger partial charge in [-0.05, 0) is 31.0 Å². The summed E-state index contributed by atoms with van der Waals surface area (Å²) in [5.74, 6) is 0. The Labute approximate surface area is 137 Å². The van der Waals surface area contributed by atoms with E-state index in [1.54, 1.807) is 18.2 Å². The number of aromatic amines is 1. The lowest BCUT2D eigenvalue weighted by molar-refractivity contribution is 0.561. The SMILES string of the molecule is [B]c1ccccc1S(=O)(=O)NC(C)Cc1c[nH]c2ccccc12. The minimum absolute atomic E-state index is 0.116. The summed E-state index contributed by atoms with van der Waals surface area (Å²) in [4.78, 5) is 3.32. The van der Waals surface area contributed by atoms with Gasteiger partial charge in [-0.3, -0.25) is 0 Å². The van der Waals surface area contributed by atoms with Crippen molar-refractivity contribution < 1.29 is 8.42 Å². The number of H-pyrrole nitrogens is 1. The number of sulfonamides is 1. The van der Waals surface area contributed by atoms with Crippen LogP contribution in [0.25, 0.3) is 10.9 Å². The largest absolute Gasteiger partial charge is 0.361 e. The molecule has 0 aliphatic carbocycles. The van der Waals surface area contributed by atoms with Gasteiger partial charge in [-0.2, -0.15) is 0 Å². The molecular weight excluding hydrogens is 307 g/mol. The summed E-state index contributed by atoms with van der Waals surface area (Å²) < 4.78 is 27.6. The summed E-state index contributed by atoms with van der Waals surface area (Å²) in [6, 6.07) is 14.2. The molecule has 1 aromatic heterocycles. The molecular formula is C17H17BN2O2S. The molecule has 4 nitrogen and oxygen atoms in total. The minimum atomic E-state index is -3.63. The van der Waals surface area contributed by atoms with E-state index in [0.29, 0.717) is 6.42 Å². The molecule has 0 saturated heterocycles. The fourth-order valence-corrected chi connectivity index (χ4v) is 4.10. The van der Waals surface area contributed by atoms with Gasteiger partial charge in [0, 0.05) is 23.1 Å². The molecule has 23 heavy (non-hydrogen) atoms. The van der Waals surface area contributed by atoms with Gasteiger partial charge in [-0.25, -0.2) is 13.1 Å². The van der Waals surface area contributed by atoms with E-state index in [2.05, 4.69) is 9.71 Å². The van der Waals surface area contributed by atoms with Crippen molar-refractivity contribution in [3.8, 4) is 0 Å². The normalized spacial score (nSPS) is 13.3. The van der Waals surface area contributed by atoms with Crippen LogP contribution in [0, 0.1) is 0 Å². The molecule has 2 N–H and O–H groups in total. The first-order valence-electron chi connectivity index (χ1n) is 7.39. The van der Waals surface area contributed by atoms with Crippen LogP contribution >= 0.6 is 0 Å². The van der Waals surface area contributed by atoms with Crippen molar-refractivity contribution in [1.82, 2.24) is 9.71 Å². The first-order valence-corrected chi connectivity index (χ1v) is 8.87. The molecule has 1 heterocycles. The summed E-state index contributed by atoms with van der Waals surface area (Å²) in [7, 11) is 2.14. The highest BCUT2D eigenvalue weighted by molar-refractivity contribution is 7.89. The Morgan fingerprint density at radius 2 is 1.83 bits per heavy atom. The van der Waals surface area contributed by atoms with Gasteiger partial charge >= 0.3 is 0 Å². The second-order valence-electron chi connectivity index (χ2n) is 5.62.